The zero-order valence-electron chi connectivity index (χ0n) is 31.0. The lowest BCUT2D eigenvalue weighted by Gasteiger charge is -2.19. The molecule has 2 aromatic heterocycles. The molecule has 0 aliphatic heterocycles. The molecule has 0 amide bonds. The van der Waals surface area contributed by atoms with Crippen LogP contribution in [0.5, 0.6) is 0 Å². The van der Waals surface area contributed by atoms with Gasteiger partial charge in [0.2, 0.25) is 20.0 Å². The molecule has 6 rings (SSSR count). The first-order chi connectivity index (χ1) is 24.5. The fourth-order valence-electron chi connectivity index (χ4n) is 6.09. The molecule has 286 valence electrons. The second-order valence-electron chi connectivity index (χ2n) is 15.2. The molecule has 10 nitrogen and oxygen atoms in total. The summed E-state index contributed by atoms with van der Waals surface area (Å²) in [4.78, 5) is 24.3. The molecule has 0 bridgehead atoms. The van der Waals surface area contributed by atoms with Crippen LogP contribution < -0.4 is 20.6 Å². The third kappa shape index (κ3) is 8.40. The van der Waals surface area contributed by atoms with Gasteiger partial charge in [-0.3, -0.25) is 19.0 Å². The van der Waals surface area contributed by atoms with Crippen molar-refractivity contribution in [2.24, 2.45) is 19.5 Å². The standard InChI is InChI=1S/C19H22F2N2O3S.C19H23FN2O3S/c1-11-5-6-12(14(20)7-11)8-13-15(10-23(4)18(24)17(13)21)22-27(25,26)16-9-19(16,2)3;1-12-5-6-14(16(20)9-12)10-15-13(2)18(23)22(4)11-17(15)21-26(24,25)19(3)7-8-19/h5-7,10,16,22H,8-9H2,1-4H3;5-6,9,11,21H,7-8,10H2,1-4H3. The predicted octanol–water partition coefficient (Wildman–Crippen LogP) is 6.13. The van der Waals surface area contributed by atoms with E-state index in [1.54, 1.807) is 52.9 Å². The van der Waals surface area contributed by atoms with Crippen molar-refractivity contribution in [3.63, 3.8) is 0 Å². The van der Waals surface area contributed by atoms with Crippen LogP contribution in [0.4, 0.5) is 24.5 Å². The van der Waals surface area contributed by atoms with Gasteiger partial charge < -0.3 is 9.13 Å². The average Bonchev–Trinajstić information content (AvgIpc) is 3.97. The van der Waals surface area contributed by atoms with E-state index >= 15 is 0 Å². The maximum Gasteiger partial charge on any atom is 0.286 e. The maximum absolute atomic E-state index is 14.7. The van der Waals surface area contributed by atoms with E-state index < -0.39 is 47.2 Å². The van der Waals surface area contributed by atoms with E-state index in [1.807, 2.05) is 13.8 Å². The van der Waals surface area contributed by atoms with Gasteiger partial charge in [0, 0.05) is 50.5 Å². The van der Waals surface area contributed by atoms with Crippen molar-refractivity contribution in [3.05, 3.63) is 126 Å². The van der Waals surface area contributed by atoms with Crippen LogP contribution in [0, 0.1) is 43.6 Å². The van der Waals surface area contributed by atoms with E-state index in [4.69, 9.17) is 0 Å². The monoisotopic (exact) mass is 774 g/mol. The largest absolute Gasteiger partial charge is 0.316 e. The van der Waals surface area contributed by atoms with Crippen molar-refractivity contribution in [2.75, 3.05) is 9.44 Å². The summed E-state index contributed by atoms with van der Waals surface area (Å²) in [5.74, 6) is -1.99. The number of aromatic nitrogens is 2. The van der Waals surface area contributed by atoms with Gasteiger partial charge >= 0.3 is 0 Å². The van der Waals surface area contributed by atoms with Crippen molar-refractivity contribution < 1.29 is 30.0 Å². The van der Waals surface area contributed by atoms with Crippen molar-refractivity contribution in [1.82, 2.24) is 9.13 Å². The van der Waals surface area contributed by atoms with Crippen molar-refractivity contribution >= 4 is 31.4 Å². The van der Waals surface area contributed by atoms with Gasteiger partial charge in [0.1, 0.15) is 11.6 Å². The molecule has 53 heavy (non-hydrogen) atoms. The molecule has 0 radical (unpaired) electrons. The number of halogens is 3. The third-order valence-electron chi connectivity index (χ3n) is 10.2. The van der Waals surface area contributed by atoms with Crippen LogP contribution >= 0.6 is 0 Å². The van der Waals surface area contributed by atoms with Crippen molar-refractivity contribution in [2.45, 2.75) is 83.6 Å². The summed E-state index contributed by atoms with van der Waals surface area (Å²) in [6.45, 7) is 10.5. The summed E-state index contributed by atoms with van der Waals surface area (Å²) in [6.07, 6.45) is 4.32. The molecule has 0 saturated heterocycles. The Morgan fingerprint density at radius 3 is 1.64 bits per heavy atom. The number of anilines is 2. The Balaban J connectivity index is 0.000000204. The summed E-state index contributed by atoms with van der Waals surface area (Å²) in [6, 6.07) is 9.38. The number of rotatable bonds is 10. The molecule has 2 N–H and O–H groups in total. The SMILES string of the molecule is Cc1ccc(Cc2c(NS(=O)(=O)C3(C)CC3)cn(C)c(=O)c2C)c(F)c1.Cc1ccc(Cc2c(NS(=O)(=O)C3CC3(C)C)cn(C)c(=O)c2F)c(F)c1. The molecule has 2 aliphatic carbocycles. The third-order valence-corrected chi connectivity index (χ3v) is 14.5. The highest BCUT2D eigenvalue weighted by Gasteiger charge is 2.54. The zero-order chi connectivity index (χ0) is 39.4. The minimum atomic E-state index is -3.75. The Morgan fingerprint density at radius 1 is 0.736 bits per heavy atom. The Bertz CT molecular complexity index is 2450. The molecule has 4 aromatic rings. The van der Waals surface area contributed by atoms with Crippen LogP contribution in [0.3, 0.4) is 0 Å². The number of nitrogens with zero attached hydrogens (tertiary/aromatic N) is 2. The zero-order valence-corrected chi connectivity index (χ0v) is 32.7. The molecule has 0 spiro atoms. The molecule has 2 heterocycles. The quantitative estimate of drug-likeness (QED) is 0.199. The van der Waals surface area contributed by atoms with Gasteiger partial charge in [0.15, 0.2) is 5.82 Å². The van der Waals surface area contributed by atoms with Gasteiger partial charge in [0.25, 0.3) is 11.1 Å². The molecule has 1 unspecified atom stereocenters. The molecule has 2 fully saturated rings. The van der Waals surface area contributed by atoms with Crippen LogP contribution in [0.1, 0.15) is 79.0 Å². The van der Waals surface area contributed by atoms with Crippen LogP contribution in [0.15, 0.2) is 58.4 Å². The minimum Gasteiger partial charge on any atom is -0.316 e. The highest BCUT2D eigenvalue weighted by Crippen LogP contribution is 2.50. The normalized spacial score (nSPS) is 17.1. The van der Waals surface area contributed by atoms with Crippen LogP contribution in [-0.4, -0.2) is 36.0 Å². The smallest absolute Gasteiger partial charge is 0.286 e. The number of aryl methyl sites for hydroxylation is 4. The molecular weight excluding hydrogens is 730 g/mol. The number of hydrogen-bond donors (Lipinski definition) is 2. The topological polar surface area (TPSA) is 136 Å². The van der Waals surface area contributed by atoms with Gasteiger partial charge in [-0.2, -0.15) is 0 Å². The molecule has 2 saturated carbocycles. The van der Waals surface area contributed by atoms with E-state index in [0.717, 1.165) is 10.1 Å². The summed E-state index contributed by atoms with van der Waals surface area (Å²) >= 11 is 0. The molecule has 15 heteroatoms. The lowest BCUT2D eigenvalue weighted by Crippen LogP contribution is -2.29. The van der Waals surface area contributed by atoms with Gasteiger partial charge in [-0.15, -0.1) is 0 Å². The van der Waals surface area contributed by atoms with Gasteiger partial charge in [-0.05, 0) is 92.3 Å². The maximum atomic E-state index is 14.7. The number of hydrogen-bond acceptors (Lipinski definition) is 6. The number of benzene rings is 2. The van der Waals surface area contributed by atoms with E-state index in [1.165, 1.54) is 42.2 Å². The lowest BCUT2D eigenvalue weighted by molar-refractivity contribution is 0.572. The van der Waals surface area contributed by atoms with E-state index in [9.17, 15) is 39.6 Å². The summed E-state index contributed by atoms with van der Waals surface area (Å²) < 4.78 is 100. The summed E-state index contributed by atoms with van der Waals surface area (Å²) in [5.41, 5.74) is 1.67. The second kappa shape index (κ2) is 14.1. The number of pyridine rings is 2. The first kappa shape index (κ1) is 39.8. The Hall–Kier alpha value is -4.37. The number of nitrogens with one attached hydrogen (secondary N) is 2. The first-order valence-electron chi connectivity index (χ1n) is 17.1. The summed E-state index contributed by atoms with van der Waals surface area (Å²) in [7, 11) is -4.42. The van der Waals surface area contributed by atoms with Crippen molar-refractivity contribution in [3.8, 4) is 0 Å². The van der Waals surface area contributed by atoms with E-state index in [0.29, 0.717) is 47.2 Å². The minimum absolute atomic E-state index is 0.0442. The molecule has 2 aromatic carbocycles. The molecular formula is C38H45F3N4O6S2. The first-order valence-corrected chi connectivity index (χ1v) is 20.1. The van der Waals surface area contributed by atoms with Crippen LogP contribution in [0.25, 0.3) is 0 Å². The van der Waals surface area contributed by atoms with Crippen LogP contribution in [0.2, 0.25) is 0 Å². The average molecular weight is 775 g/mol. The summed E-state index contributed by atoms with van der Waals surface area (Å²) in [5, 5.41) is -0.589. The Labute approximate surface area is 308 Å². The van der Waals surface area contributed by atoms with E-state index in [2.05, 4.69) is 9.44 Å². The van der Waals surface area contributed by atoms with Gasteiger partial charge in [0.05, 0.1) is 21.4 Å². The Morgan fingerprint density at radius 2 is 1.19 bits per heavy atom. The second-order valence-corrected chi connectivity index (χ2v) is 19.3. The molecule has 1 atom stereocenters. The fraction of sp³-hybridized carbons (Fsp3) is 0.421. The fourth-order valence-corrected chi connectivity index (χ4v) is 9.56. The highest BCUT2D eigenvalue weighted by molar-refractivity contribution is 7.94. The predicted molar refractivity (Wildman–Crippen MR) is 201 cm³/mol. The highest BCUT2D eigenvalue weighted by atomic mass is 32.2. The van der Waals surface area contributed by atoms with Crippen LogP contribution in [-0.2, 0) is 47.0 Å². The Kier molecular flexibility index (Phi) is 10.6. The van der Waals surface area contributed by atoms with Gasteiger partial charge in [-0.25, -0.2) is 30.0 Å². The van der Waals surface area contributed by atoms with E-state index in [-0.39, 0.29) is 46.4 Å². The van der Waals surface area contributed by atoms with Crippen molar-refractivity contribution in [1.29, 1.82) is 0 Å². The number of sulfonamides is 2. The lowest BCUT2D eigenvalue weighted by atomic mass is 9.99. The van der Waals surface area contributed by atoms with Gasteiger partial charge in [-0.1, -0.05) is 38.1 Å². The molecule has 2 aliphatic rings.